The van der Waals surface area contributed by atoms with E-state index < -0.39 is 0 Å². The summed E-state index contributed by atoms with van der Waals surface area (Å²) in [5.41, 5.74) is 12.6. The number of nitrogens with two attached hydrogens (primary N) is 2. The highest BCUT2D eigenvalue weighted by Gasteiger charge is 2.59. The molecule has 0 aromatic heterocycles. The molecule has 8 unspecified atom stereocenters. The van der Waals surface area contributed by atoms with Gasteiger partial charge in [-0.1, -0.05) is 33.1 Å². The molecule has 0 aliphatic heterocycles. The molecule has 0 aromatic rings. The van der Waals surface area contributed by atoms with E-state index in [2.05, 4.69) is 29.4 Å². The van der Waals surface area contributed by atoms with Crippen LogP contribution in [0, 0.1) is 40.4 Å². The van der Waals surface area contributed by atoms with Gasteiger partial charge in [0.25, 0.3) is 0 Å². The lowest BCUT2D eigenvalue weighted by Gasteiger charge is -2.61. The lowest BCUT2D eigenvalue weighted by Crippen LogP contribution is -2.55. The highest BCUT2D eigenvalue weighted by Crippen LogP contribution is 2.67. The molecule has 0 bridgehead atoms. The number of nitrogens with one attached hydrogen (secondary N) is 2. The molecular weight excluding hydrogens is 542 g/mol. The van der Waals surface area contributed by atoms with Crippen LogP contribution in [0.5, 0.6) is 0 Å². The molecular formula is C38H71N5O. The molecule has 8 atom stereocenters. The molecule has 5 aliphatic rings. The molecule has 44 heavy (non-hydrogen) atoms. The molecule has 0 heterocycles. The van der Waals surface area contributed by atoms with Crippen LogP contribution in [-0.4, -0.2) is 62.2 Å². The third-order valence-corrected chi connectivity index (χ3v) is 14.2. The van der Waals surface area contributed by atoms with Crippen LogP contribution in [0.1, 0.15) is 142 Å². The quantitative estimate of drug-likeness (QED) is 0.147. The number of hydrogen-bond donors (Lipinski definition) is 4. The first-order valence-electron chi connectivity index (χ1n) is 19.5. The fourth-order valence-corrected chi connectivity index (χ4v) is 11.7. The Kier molecular flexibility index (Phi) is 12.9. The first-order chi connectivity index (χ1) is 21.4. The van der Waals surface area contributed by atoms with E-state index in [-0.39, 0.29) is 0 Å². The van der Waals surface area contributed by atoms with Crippen molar-refractivity contribution in [1.29, 1.82) is 0 Å². The zero-order valence-electron chi connectivity index (χ0n) is 28.9. The minimum absolute atomic E-state index is 0.323. The standard InChI is InChI=1S/C38H71N5O/c1-37-21-19-35-33(34(37)17-15-29(37)10-6-13-36(44)42-31-11-4-3-5-12-31)16-14-30-28-32(18-20-38(30,35)2)41-24-9-27-43(25-7-22-39)26-8-23-40/h29-35,41H,3-28,39-40H2,1-2H3,(H,42,44). The van der Waals surface area contributed by atoms with Crippen LogP contribution in [0.3, 0.4) is 0 Å². The normalized spacial score (nSPS) is 37.4. The number of carbonyl (C=O) groups is 1. The summed E-state index contributed by atoms with van der Waals surface area (Å²) in [6, 6.07) is 1.17. The van der Waals surface area contributed by atoms with Crippen LogP contribution in [0.2, 0.25) is 0 Å². The smallest absolute Gasteiger partial charge is 0.220 e. The molecule has 254 valence electrons. The monoisotopic (exact) mass is 614 g/mol. The Labute approximate surface area is 271 Å². The molecule has 0 aromatic carbocycles. The van der Waals surface area contributed by atoms with Gasteiger partial charge in [-0.05, 0) is 182 Å². The van der Waals surface area contributed by atoms with Gasteiger partial charge in [0.05, 0.1) is 0 Å². The van der Waals surface area contributed by atoms with Crippen LogP contribution in [-0.2, 0) is 4.79 Å². The van der Waals surface area contributed by atoms with Crippen molar-refractivity contribution in [3.05, 3.63) is 0 Å². The van der Waals surface area contributed by atoms with Crippen molar-refractivity contribution in [3.8, 4) is 0 Å². The maximum atomic E-state index is 12.7. The second-order valence-corrected chi connectivity index (χ2v) is 16.7. The first kappa shape index (κ1) is 34.6. The summed E-state index contributed by atoms with van der Waals surface area (Å²) in [5, 5.41) is 7.37. The van der Waals surface area contributed by atoms with Gasteiger partial charge in [-0.2, -0.15) is 0 Å². The molecule has 5 rings (SSSR count). The zero-order valence-corrected chi connectivity index (χ0v) is 28.9. The van der Waals surface area contributed by atoms with E-state index in [1.54, 1.807) is 0 Å². The molecule has 6 heteroatoms. The van der Waals surface area contributed by atoms with E-state index in [0.717, 1.165) is 88.0 Å². The number of fused-ring (bicyclic) bond motifs is 5. The molecule has 0 spiro atoms. The van der Waals surface area contributed by atoms with E-state index in [9.17, 15) is 4.79 Å². The second-order valence-electron chi connectivity index (χ2n) is 16.7. The van der Waals surface area contributed by atoms with Gasteiger partial charge >= 0.3 is 0 Å². The van der Waals surface area contributed by atoms with E-state index >= 15 is 0 Å². The van der Waals surface area contributed by atoms with Crippen LogP contribution >= 0.6 is 0 Å². The summed E-state index contributed by atoms with van der Waals surface area (Å²) in [7, 11) is 0. The van der Waals surface area contributed by atoms with Gasteiger partial charge in [0, 0.05) is 18.5 Å². The summed E-state index contributed by atoms with van der Waals surface area (Å²) in [6.07, 6.45) is 25.7. The van der Waals surface area contributed by atoms with Crippen molar-refractivity contribution in [1.82, 2.24) is 15.5 Å². The van der Waals surface area contributed by atoms with Gasteiger partial charge in [0.15, 0.2) is 0 Å². The van der Waals surface area contributed by atoms with Gasteiger partial charge in [-0.3, -0.25) is 4.79 Å². The van der Waals surface area contributed by atoms with Crippen molar-refractivity contribution in [2.24, 2.45) is 51.9 Å². The summed E-state index contributed by atoms with van der Waals surface area (Å²) in [5.74, 6) is 4.89. The van der Waals surface area contributed by atoms with E-state index in [4.69, 9.17) is 11.5 Å². The highest BCUT2D eigenvalue weighted by atomic mass is 16.1. The highest BCUT2D eigenvalue weighted by molar-refractivity contribution is 5.76. The third kappa shape index (κ3) is 8.23. The largest absolute Gasteiger partial charge is 0.353 e. The predicted molar refractivity (Wildman–Crippen MR) is 184 cm³/mol. The van der Waals surface area contributed by atoms with Crippen LogP contribution in [0.15, 0.2) is 0 Å². The Bertz CT molecular complexity index is 869. The fraction of sp³-hybridized carbons (Fsp3) is 0.974. The number of hydrogen-bond acceptors (Lipinski definition) is 5. The molecule has 1 amide bonds. The predicted octanol–water partition coefficient (Wildman–Crippen LogP) is 6.61. The molecule has 6 N–H and O–H groups in total. The number of rotatable bonds is 16. The van der Waals surface area contributed by atoms with Crippen molar-refractivity contribution in [2.45, 2.75) is 154 Å². The lowest BCUT2D eigenvalue weighted by molar-refractivity contribution is -0.122. The molecule has 5 saturated carbocycles. The topological polar surface area (TPSA) is 96.4 Å². The van der Waals surface area contributed by atoms with Gasteiger partial charge in [-0.15, -0.1) is 0 Å². The zero-order chi connectivity index (χ0) is 31.0. The van der Waals surface area contributed by atoms with Crippen molar-refractivity contribution in [3.63, 3.8) is 0 Å². The summed E-state index contributed by atoms with van der Waals surface area (Å²) in [4.78, 5) is 15.2. The van der Waals surface area contributed by atoms with E-state index in [1.165, 1.54) is 109 Å². The molecule has 6 nitrogen and oxygen atoms in total. The Morgan fingerprint density at radius 3 is 2.20 bits per heavy atom. The van der Waals surface area contributed by atoms with Crippen molar-refractivity contribution < 1.29 is 4.79 Å². The molecule has 0 saturated heterocycles. The number of carbonyl (C=O) groups excluding carboxylic acids is 1. The SMILES string of the molecule is CC12CCC3C(CCC4CC(NCCCN(CCCN)CCCN)CCC43C)C1CCC2CCCC(=O)NC1CCCCC1. The fourth-order valence-electron chi connectivity index (χ4n) is 11.7. The number of amides is 1. The molecule has 5 aliphatic carbocycles. The average Bonchev–Trinajstić information content (AvgIpc) is 3.36. The third-order valence-electron chi connectivity index (χ3n) is 14.2. The minimum Gasteiger partial charge on any atom is -0.353 e. The van der Waals surface area contributed by atoms with Crippen LogP contribution in [0.25, 0.3) is 0 Å². The van der Waals surface area contributed by atoms with Gasteiger partial charge in [0.2, 0.25) is 5.91 Å². The van der Waals surface area contributed by atoms with E-state index in [1.807, 2.05) is 0 Å². The maximum absolute atomic E-state index is 12.7. The number of nitrogens with zero attached hydrogens (tertiary/aromatic N) is 1. The van der Waals surface area contributed by atoms with Crippen molar-refractivity contribution >= 4 is 5.91 Å². The Morgan fingerprint density at radius 1 is 0.750 bits per heavy atom. The van der Waals surface area contributed by atoms with Gasteiger partial charge < -0.3 is 27.0 Å². The Morgan fingerprint density at radius 2 is 1.45 bits per heavy atom. The summed E-state index contributed by atoms with van der Waals surface area (Å²) in [6.45, 7) is 11.5. The van der Waals surface area contributed by atoms with Crippen molar-refractivity contribution in [2.75, 3.05) is 39.3 Å². The summed E-state index contributed by atoms with van der Waals surface area (Å²) >= 11 is 0. The minimum atomic E-state index is 0.323. The van der Waals surface area contributed by atoms with Gasteiger partial charge in [0.1, 0.15) is 0 Å². The van der Waals surface area contributed by atoms with E-state index in [0.29, 0.717) is 28.8 Å². The van der Waals surface area contributed by atoms with Crippen LogP contribution < -0.4 is 22.1 Å². The Hall–Kier alpha value is -0.690. The average molecular weight is 614 g/mol. The first-order valence-corrected chi connectivity index (χ1v) is 19.5. The lowest BCUT2D eigenvalue weighted by atomic mass is 9.44. The maximum Gasteiger partial charge on any atom is 0.220 e. The molecule has 5 fully saturated rings. The van der Waals surface area contributed by atoms with Crippen LogP contribution in [0.4, 0.5) is 0 Å². The van der Waals surface area contributed by atoms with Gasteiger partial charge in [-0.25, -0.2) is 0 Å². The second kappa shape index (κ2) is 16.4. The Balaban J connectivity index is 1.06. The molecule has 0 radical (unpaired) electrons. The summed E-state index contributed by atoms with van der Waals surface area (Å²) < 4.78 is 0.